The lowest BCUT2D eigenvalue weighted by Crippen LogP contribution is -2.69. The van der Waals surface area contributed by atoms with Gasteiger partial charge in [0.1, 0.15) is 0 Å². The Kier molecular flexibility index (Phi) is 9.68. The lowest BCUT2D eigenvalue weighted by atomic mass is 9.53. The molecule has 10 aliphatic heterocycles. The van der Waals surface area contributed by atoms with E-state index in [1.807, 2.05) is 12.1 Å². The summed E-state index contributed by atoms with van der Waals surface area (Å²) < 4.78 is 66.8. The van der Waals surface area contributed by atoms with Crippen LogP contribution in [-0.4, -0.2) is 149 Å². The lowest BCUT2D eigenvalue weighted by molar-refractivity contribution is -0.133. The number of rotatable bonds is 4. The summed E-state index contributed by atoms with van der Waals surface area (Å²) in [5.74, 6) is 5.15. The van der Waals surface area contributed by atoms with E-state index in [0.29, 0.717) is 73.3 Å². The van der Waals surface area contributed by atoms with Gasteiger partial charge in [0, 0.05) is 60.0 Å². The average molecular weight is 905 g/mol. The van der Waals surface area contributed by atoms with E-state index in [4.69, 9.17) is 45.9 Å². The fourth-order valence-electron chi connectivity index (χ4n) is 15.7. The molecule has 12 atom stereocenters. The Morgan fingerprint density at radius 3 is 1.39 bits per heavy atom. The van der Waals surface area contributed by atoms with Crippen LogP contribution in [-0.2, 0) is 40.3 Å². The molecule has 8 fully saturated rings. The summed E-state index contributed by atoms with van der Waals surface area (Å²) in [6.45, 7) is 5.61. The van der Waals surface area contributed by atoms with Gasteiger partial charge in [-0.15, -0.1) is 0 Å². The molecular weight excluding hydrogens is 849 g/mol. The zero-order valence-electron chi connectivity index (χ0n) is 36.4. The molecule has 64 heavy (non-hydrogen) atoms. The number of ether oxygens (including phenoxy) is 6. The fourth-order valence-corrected chi connectivity index (χ4v) is 15.7. The van der Waals surface area contributed by atoms with Gasteiger partial charge in [0.2, 0.25) is 11.8 Å². The van der Waals surface area contributed by atoms with E-state index < -0.39 is 10.4 Å². The van der Waals surface area contributed by atoms with Crippen molar-refractivity contribution in [3.63, 3.8) is 0 Å². The highest BCUT2D eigenvalue weighted by Crippen LogP contribution is 2.68. The molecule has 2 aliphatic carbocycles. The number of anilines is 2. The Hall–Kier alpha value is -4.27. The van der Waals surface area contributed by atoms with Crippen molar-refractivity contribution < 1.29 is 61.0 Å². The monoisotopic (exact) mass is 904 g/mol. The third kappa shape index (κ3) is 5.50. The average Bonchev–Trinajstić information content (AvgIpc) is 3.94. The number of nitrogens with zero attached hydrogens (tertiary/aromatic N) is 4. The van der Waals surface area contributed by atoms with E-state index in [9.17, 15) is 9.59 Å². The van der Waals surface area contributed by atoms with Crippen LogP contribution < -0.4 is 28.7 Å². The van der Waals surface area contributed by atoms with Crippen LogP contribution in [0.1, 0.15) is 49.7 Å². The summed E-state index contributed by atoms with van der Waals surface area (Å²) in [6.07, 6.45) is 10.2. The van der Waals surface area contributed by atoms with Crippen LogP contribution in [0.15, 0.2) is 47.6 Å². The predicted molar refractivity (Wildman–Crippen MR) is 231 cm³/mol. The van der Waals surface area contributed by atoms with E-state index in [0.717, 1.165) is 61.9 Å². The van der Waals surface area contributed by atoms with Crippen molar-refractivity contribution in [2.75, 3.05) is 77.6 Å². The van der Waals surface area contributed by atoms with Crippen molar-refractivity contribution in [1.82, 2.24) is 9.80 Å². The van der Waals surface area contributed by atoms with Crippen molar-refractivity contribution in [2.24, 2.45) is 23.7 Å². The maximum Gasteiger partial charge on any atom is 0.394 e. The van der Waals surface area contributed by atoms with Crippen LogP contribution >= 0.6 is 0 Å². The molecule has 4 N–H and O–H groups in total. The van der Waals surface area contributed by atoms with E-state index in [-0.39, 0.29) is 52.4 Å². The van der Waals surface area contributed by atoms with Gasteiger partial charge in [0.25, 0.3) is 0 Å². The summed E-state index contributed by atoms with van der Waals surface area (Å²) in [4.78, 5) is 36.5. The molecule has 18 heteroatoms. The lowest BCUT2D eigenvalue weighted by Gasteiger charge is -2.58. The van der Waals surface area contributed by atoms with Gasteiger partial charge in [-0.05, 0) is 73.9 Å². The molecule has 0 radical (unpaired) electrons. The van der Waals surface area contributed by atoms with Crippen molar-refractivity contribution in [1.29, 1.82) is 0 Å². The zero-order valence-corrected chi connectivity index (χ0v) is 37.2. The molecule has 2 aromatic rings. The predicted octanol–water partition coefficient (Wildman–Crippen LogP) is 2.74. The highest BCUT2D eigenvalue weighted by molar-refractivity contribution is 7.79. The number of hydrogen-bond acceptors (Lipinski definition) is 12. The SMILES string of the molecule is COc1cc2c(cc1OC)[C@@]13CCN4CC5=CCOC6CC(=O)N2C1C6C5CC43.COc1cc2c(cc1OC)[C@@]13CCN4CC5=CCOC6CC(=O)N2C1C6C5CC43.O.O=S(=O)(O)O. The third-order valence-corrected chi connectivity index (χ3v) is 17.6. The van der Waals surface area contributed by atoms with Crippen LogP contribution in [0.4, 0.5) is 11.4 Å². The van der Waals surface area contributed by atoms with Gasteiger partial charge < -0.3 is 43.7 Å². The number of piperidine rings is 4. The highest BCUT2D eigenvalue weighted by atomic mass is 32.3. The molecule has 10 heterocycles. The molecule has 344 valence electrons. The Morgan fingerprint density at radius 2 is 1.02 bits per heavy atom. The molecule has 2 saturated carbocycles. The fraction of sp³-hybridized carbons (Fsp3) is 0.609. The first-order valence-electron chi connectivity index (χ1n) is 22.3. The van der Waals surface area contributed by atoms with Crippen LogP contribution in [0.3, 0.4) is 0 Å². The molecule has 2 aromatic carbocycles. The second-order valence-electron chi connectivity index (χ2n) is 19.4. The van der Waals surface area contributed by atoms with E-state index in [1.165, 1.54) is 24.0 Å². The quantitative estimate of drug-likeness (QED) is 0.334. The topological polar surface area (TPSA) is 209 Å². The maximum atomic E-state index is 13.5. The maximum absolute atomic E-state index is 13.5. The van der Waals surface area contributed by atoms with Gasteiger partial charge in [-0.1, -0.05) is 23.3 Å². The number of amides is 2. The first-order chi connectivity index (χ1) is 30.3. The normalized spacial score (nSPS) is 38.1. The molecule has 0 aromatic heterocycles. The number of carbonyl (C=O) groups is 2. The number of benzene rings is 2. The van der Waals surface area contributed by atoms with Gasteiger partial charge in [-0.2, -0.15) is 8.42 Å². The third-order valence-electron chi connectivity index (χ3n) is 17.6. The van der Waals surface area contributed by atoms with E-state index >= 15 is 0 Å². The molecule has 14 rings (SSSR count). The molecule has 4 bridgehead atoms. The smallest absolute Gasteiger partial charge is 0.394 e. The molecule has 12 aliphatic rings. The number of fused-ring (bicyclic) bond motifs is 4. The second kappa shape index (κ2) is 14.6. The second-order valence-corrected chi connectivity index (χ2v) is 20.3. The summed E-state index contributed by atoms with van der Waals surface area (Å²) in [7, 11) is 2.05. The number of carbonyl (C=O) groups excluding carboxylic acids is 2. The first kappa shape index (κ1) is 42.4. The van der Waals surface area contributed by atoms with Crippen LogP contribution in [0.2, 0.25) is 0 Å². The van der Waals surface area contributed by atoms with Crippen LogP contribution in [0.25, 0.3) is 0 Å². The van der Waals surface area contributed by atoms with Crippen molar-refractivity contribution in [3.05, 3.63) is 58.7 Å². The molecule has 2 amide bonds. The number of methoxy groups -OCH3 is 4. The van der Waals surface area contributed by atoms with Gasteiger partial charge in [0.05, 0.1) is 90.2 Å². The van der Waals surface area contributed by atoms with Crippen LogP contribution in [0, 0.1) is 23.7 Å². The molecule has 6 saturated heterocycles. The summed E-state index contributed by atoms with van der Waals surface area (Å²) in [5.41, 5.74) is 7.70. The molecule has 10 unspecified atom stereocenters. The van der Waals surface area contributed by atoms with E-state index in [2.05, 4.69) is 43.9 Å². The van der Waals surface area contributed by atoms with Crippen molar-refractivity contribution in [3.8, 4) is 23.0 Å². The minimum Gasteiger partial charge on any atom is -0.493 e. The van der Waals surface area contributed by atoms with E-state index in [1.54, 1.807) is 39.6 Å². The van der Waals surface area contributed by atoms with Crippen molar-refractivity contribution >= 4 is 33.6 Å². The van der Waals surface area contributed by atoms with Gasteiger partial charge in [-0.25, -0.2) is 0 Å². The summed E-state index contributed by atoms with van der Waals surface area (Å²) in [5, 5.41) is 0. The van der Waals surface area contributed by atoms with Crippen molar-refractivity contribution in [2.45, 2.75) is 85.7 Å². The standard InChI is InChI=1S/2C23H26N2O4.H2O4S.H2O/c2*1-27-16-8-14-15(9-17(16)28-2)25-20(26)10-18-21-13-7-19-23(14,22(21)25)4-5-24(19)11-12(13)3-6-29-18;1-5(2,3)4;/h2*3,8-9,13,18-19,21-22H,4-7,10-11H2,1-2H3;(H2,1,2,3,4);1H2/t2*13?,18?,19?,21?,22?,23-;;/m11../s1. The Labute approximate surface area is 372 Å². The molecule has 2 spiro atoms. The number of hydrogen-bond donors (Lipinski definition) is 2. The molecular formula is C46H56N4O13S. The van der Waals surface area contributed by atoms with Crippen LogP contribution in [0.5, 0.6) is 23.0 Å². The largest absolute Gasteiger partial charge is 0.493 e. The minimum absolute atomic E-state index is 0. The van der Waals surface area contributed by atoms with Gasteiger partial charge in [-0.3, -0.25) is 28.5 Å². The summed E-state index contributed by atoms with van der Waals surface area (Å²) in [6, 6.07) is 9.74. The summed E-state index contributed by atoms with van der Waals surface area (Å²) >= 11 is 0. The minimum atomic E-state index is -4.67. The Morgan fingerprint density at radius 1 is 0.641 bits per heavy atom. The Balaban J connectivity index is 0.000000128. The van der Waals surface area contributed by atoms with Gasteiger partial charge in [0.15, 0.2) is 23.0 Å². The van der Waals surface area contributed by atoms with Gasteiger partial charge >= 0.3 is 10.4 Å². The Bertz CT molecular complexity index is 2350. The molecule has 17 nitrogen and oxygen atoms in total. The zero-order chi connectivity index (χ0) is 43.5. The highest BCUT2D eigenvalue weighted by Gasteiger charge is 2.73. The first-order valence-corrected chi connectivity index (χ1v) is 23.7.